The number of nitrogens with zero attached hydrogens (tertiary/aromatic N) is 2. The number of methoxy groups -OCH3 is 1. The first-order chi connectivity index (χ1) is 5.65. The first-order valence-corrected chi connectivity index (χ1v) is 3.81. The molecule has 2 N–H and O–H groups in total. The number of rotatable bonds is 2. The topological polar surface area (TPSA) is 61.0 Å². The third kappa shape index (κ3) is 1.64. The fourth-order valence-electron chi connectivity index (χ4n) is 0.842. The van der Waals surface area contributed by atoms with Gasteiger partial charge in [0.1, 0.15) is 0 Å². The lowest BCUT2D eigenvalue weighted by Crippen LogP contribution is -2.02. The van der Waals surface area contributed by atoms with Crippen LogP contribution in [0, 0.1) is 0 Å². The van der Waals surface area contributed by atoms with Crippen LogP contribution >= 0.6 is 0 Å². The van der Waals surface area contributed by atoms with Crippen molar-refractivity contribution in [3.05, 3.63) is 11.9 Å². The highest BCUT2D eigenvalue weighted by molar-refractivity contribution is 5.40. The van der Waals surface area contributed by atoms with E-state index < -0.39 is 0 Å². The van der Waals surface area contributed by atoms with E-state index in [0.717, 1.165) is 5.69 Å². The Morgan fingerprint density at radius 2 is 2.17 bits per heavy atom. The van der Waals surface area contributed by atoms with E-state index in [1.807, 2.05) is 13.8 Å². The van der Waals surface area contributed by atoms with Crippen molar-refractivity contribution < 1.29 is 4.74 Å². The molecule has 66 valence electrons. The Bertz CT molecular complexity index is 273. The zero-order valence-electron chi connectivity index (χ0n) is 7.53. The summed E-state index contributed by atoms with van der Waals surface area (Å²) in [5.74, 6) is 1.08. The molecular formula is C8H13N3O. The van der Waals surface area contributed by atoms with Gasteiger partial charge in [0.2, 0.25) is 0 Å². The average Bonchev–Trinajstić information content (AvgIpc) is 2.04. The summed E-state index contributed by atoms with van der Waals surface area (Å²) in [6.07, 6.45) is 1.68. The molecule has 12 heavy (non-hydrogen) atoms. The van der Waals surface area contributed by atoms with Gasteiger partial charge in [-0.25, -0.2) is 9.97 Å². The van der Waals surface area contributed by atoms with Gasteiger partial charge >= 0.3 is 0 Å². The highest BCUT2D eigenvalue weighted by atomic mass is 16.5. The van der Waals surface area contributed by atoms with Crippen LogP contribution < -0.4 is 10.5 Å². The predicted octanol–water partition coefficient (Wildman–Crippen LogP) is 1.19. The molecule has 0 aliphatic rings. The van der Waals surface area contributed by atoms with Crippen molar-refractivity contribution >= 4 is 5.82 Å². The number of nitrogen functional groups attached to an aromatic ring is 1. The van der Waals surface area contributed by atoms with Crippen LogP contribution in [0.25, 0.3) is 0 Å². The molecule has 1 heterocycles. The van der Waals surface area contributed by atoms with Gasteiger partial charge in [-0.05, 0) is 5.92 Å². The van der Waals surface area contributed by atoms with Gasteiger partial charge in [-0.1, -0.05) is 13.8 Å². The molecule has 0 saturated carbocycles. The SMILES string of the molecule is COc1ncc(C(C)C)nc1N. The normalized spacial score (nSPS) is 10.3. The van der Waals surface area contributed by atoms with Crippen molar-refractivity contribution in [3.8, 4) is 5.88 Å². The highest BCUT2D eigenvalue weighted by Crippen LogP contribution is 2.18. The van der Waals surface area contributed by atoms with Crippen LogP contribution in [0.4, 0.5) is 5.82 Å². The average molecular weight is 167 g/mol. The maximum absolute atomic E-state index is 5.57. The van der Waals surface area contributed by atoms with Crippen LogP contribution in [0.2, 0.25) is 0 Å². The third-order valence-electron chi connectivity index (χ3n) is 1.57. The van der Waals surface area contributed by atoms with Crippen molar-refractivity contribution in [2.24, 2.45) is 0 Å². The van der Waals surface area contributed by atoms with Crippen LogP contribution in [0.5, 0.6) is 5.88 Å². The first-order valence-electron chi connectivity index (χ1n) is 3.81. The van der Waals surface area contributed by atoms with E-state index >= 15 is 0 Å². The standard InChI is InChI=1S/C8H13N3O/c1-5(2)6-4-10-8(12-3)7(9)11-6/h4-5H,1-3H3,(H2,9,11). The van der Waals surface area contributed by atoms with Crippen molar-refractivity contribution in [2.45, 2.75) is 19.8 Å². The molecule has 0 aliphatic carbocycles. The molecule has 1 rings (SSSR count). The van der Waals surface area contributed by atoms with Gasteiger partial charge in [0, 0.05) is 0 Å². The molecule has 4 nitrogen and oxygen atoms in total. The molecule has 1 aromatic rings. The molecule has 0 amide bonds. The van der Waals surface area contributed by atoms with Gasteiger partial charge in [0.15, 0.2) is 5.82 Å². The summed E-state index contributed by atoms with van der Waals surface area (Å²) >= 11 is 0. The zero-order valence-corrected chi connectivity index (χ0v) is 7.53. The molecule has 0 fully saturated rings. The lowest BCUT2D eigenvalue weighted by molar-refractivity contribution is 0.397. The second-order valence-electron chi connectivity index (χ2n) is 2.84. The summed E-state index contributed by atoms with van der Waals surface area (Å²) in [6, 6.07) is 0. The fourth-order valence-corrected chi connectivity index (χ4v) is 0.842. The number of ether oxygens (including phenoxy) is 1. The van der Waals surface area contributed by atoms with Gasteiger partial charge < -0.3 is 10.5 Å². The molecule has 1 aromatic heterocycles. The lowest BCUT2D eigenvalue weighted by Gasteiger charge is -2.06. The first kappa shape index (κ1) is 8.77. The Balaban J connectivity index is 3.02. The Kier molecular flexibility index (Phi) is 2.47. The molecule has 4 heteroatoms. The minimum Gasteiger partial charge on any atom is -0.478 e. The van der Waals surface area contributed by atoms with Crippen LogP contribution in [0.3, 0.4) is 0 Å². The van der Waals surface area contributed by atoms with E-state index in [1.54, 1.807) is 6.20 Å². The molecule has 0 bridgehead atoms. The zero-order chi connectivity index (χ0) is 9.14. The molecule has 0 radical (unpaired) electrons. The minimum atomic E-state index is 0.339. The van der Waals surface area contributed by atoms with E-state index in [-0.39, 0.29) is 0 Å². The minimum absolute atomic E-state index is 0.339. The molecule has 0 aromatic carbocycles. The summed E-state index contributed by atoms with van der Waals surface area (Å²) in [4.78, 5) is 8.14. The van der Waals surface area contributed by atoms with Crippen molar-refractivity contribution in [3.63, 3.8) is 0 Å². The number of anilines is 1. The number of hydrogen-bond donors (Lipinski definition) is 1. The number of aromatic nitrogens is 2. The molecule has 0 unspecified atom stereocenters. The summed E-state index contributed by atoms with van der Waals surface area (Å²) in [7, 11) is 1.52. The van der Waals surface area contributed by atoms with Crippen LogP contribution in [-0.2, 0) is 0 Å². The van der Waals surface area contributed by atoms with Crippen LogP contribution in [0.15, 0.2) is 6.20 Å². The summed E-state index contributed by atoms with van der Waals surface area (Å²) in [5.41, 5.74) is 6.45. The third-order valence-corrected chi connectivity index (χ3v) is 1.57. The predicted molar refractivity (Wildman–Crippen MR) is 47.1 cm³/mol. The smallest absolute Gasteiger partial charge is 0.256 e. The van der Waals surface area contributed by atoms with E-state index in [4.69, 9.17) is 10.5 Å². The summed E-state index contributed by atoms with van der Waals surface area (Å²) in [5, 5.41) is 0. The maximum Gasteiger partial charge on any atom is 0.256 e. The van der Waals surface area contributed by atoms with E-state index in [1.165, 1.54) is 7.11 Å². The summed E-state index contributed by atoms with van der Waals surface area (Å²) < 4.78 is 4.88. The molecule has 0 spiro atoms. The molecule has 0 atom stereocenters. The van der Waals surface area contributed by atoms with Crippen LogP contribution in [-0.4, -0.2) is 17.1 Å². The lowest BCUT2D eigenvalue weighted by atomic mass is 10.1. The summed E-state index contributed by atoms with van der Waals surface area (Å²) in [6.45, 7) is 4.08. The van der Waals surface area contributed by atoms with Crippen LogP contribution in [0.1, 0.15) is 25.5 Å². The van der Waals surface area contributed by atoms with E-state index in [9.17, 15) is 0 Å². The van der Waals surface area contributed by atoms with Crippen molar-refractivity contribution in [1.29, 1.82) is 0 Å². The van der Waals surface area contributed by atoms with Crippen molar-refractivity contribution in [1.82, 2.24) is 9.97 Å². The monoisotopic (exact) mass is 167 g/mol. The maximum atomic E-state index is 5.57. The molecule has 0 aliphatic heterocycles. The van der Waals surface area contributed by atoms with Gasteiger partial charge in [0.25, 0.3) is 5.88 Å². The number of nitrogens with two attached hydrogens (primary N) is 1. The quantitative estimate of drug-likeness (QED) is 0.718. The Labute approximate surface area is 71.8 Å². The van der Waals surface area contributed by atoms with E-state index in [2.05, 4.69) is 9.97 Å². The van der Waals surface area contributed by atoms with E-state index in [0.29, 0.717) is 17.6 Å². The fraction of sp³-hybridized carbons (Fsp3) is 0.500. The Morgan fingerprint density at radius 3 is 2.58 bits per heavy atom. The van der Waals surface area contributed by atoms with Gasteiger partial charge in [-0.2, -0.15) is 0 Å². The van der Waals surface area contributed by atoms with Gasteiger partial charge in [-0.3, -0.25) is 0 Å². The Morgan fingerprint density at radius 1 is 1.50 bits per heavy atom. The molecule has 0 saturated heterocycles. The second-order valence-corrected chi connectivity index (χ2v) is 2.84. The van der Waals surface area contributed by atoms with Gasteiger partial charge in [0.05, 0.1) is 19.0 Å². The molecular weight excluding hydrogens is 154 g/mol. The highest BCUT2D eigenvalue weighted by Gasteiger charge is 2.06. The number of hydrogen-bond acceptors (Lipinski definition) is 4. The Hall–Kier alpha value is -1.32. The van der Waals surface area contributed by atoms with Gasteiger partial charge in [-0.15, -0.1) is 0 Å². The second kappa shape index (κ2) is 3.38. The largest absolute Gasteiger partial charge is 0.478 e. The van der Waals surface area contributed by atoms with Crippen molar-refractivity contribution in [2.75, 3.05) is 12.8 Å².